The largest absolute Gasteiger partial charge is 0.495 e. The number of nitrogens with zero attached hydrogens (tertiary/aromatic N) is 1. The van der Waals surface area contributed by atoms with E-state index in [1.54, 1.807) is 30.3 Å². The number of anilines is 1. The molecule has 1 aliphatic rings. The first-order valence-electron chi connectivity index (χ1n) is 8.67. The zero-order chi connectivity index (χ0) is 20.3. The fraction of sp³-hybridized carbons (Fsp3) is 0.300. The maximum Gasteiger partial charge on any atom is 0.227 e. The summed E-state index contributed by atoms with van der Waals surface area (Å²) >= 11 is 6.18. The molecule has 2 aromatic rings. The van der Waals surface area contributed by atoms with Gasteiger partial charge < -0.3 is 19.7 Å². The van der Waals surface area contributed by atoms with Crippen molar-refractivity contribution in [3.63, 3.8) is 0 Å². The van der Waals surface area contributed by atoms with Crippen LogP contribution < -0.4 is 19.7 Å². The van der Waals surface area contributed by atoms with Gasteiger partial charge in [0.05, 0.1) is 30.8 Å². The second-order valence-electron chi connectivity index (χ2n) is 6.37. The van der Waals surface area contributed by atoms with Gasteiger partial charge in [-0.2, -0.15) is 0 Å². The van der Waals surface area contributed by atoms with E-state index in [2.05, 4.69) is 5.32 Å². The molecule has 1 heterocycles. The Morgan fingerprint density at radius 1 is 1.25 bits per heavy atom. The standard InChI is InChI=1S/C20H20ClFN2O4/c1-27-17-9-18(28-2)16(8-14(17)21)24-11-13(7-19(24)25)20(26)23-10-12-5-3-4-6-15(12)22/h3-6,8-9,13H,7,10-11H2,1-2H3,(H,23,26)/t13-/m0/s1. The molecule has 1 atom stereocenters. The van der Waals surface area contributed by atoms with Crippen LogP contribution in [0.3, 0.4) is 0 Å². The minimum atomic E-state index is -0.551. The molecule has 0 aromatic heterocycles. The normalized spacial score (nSPS) is 16.2. The Hall–Kier alpha value is -2.80. The summed E-state index contributed by atoms with van der Waals surface area (Å²) in [7, 11) is 2.96. The number of ether oxygens (including phenoxy) is 2. The Morgan fingerprint density at radius 2 is 1.96 bits per heavy atom. The van der Waals surface area contributed by atoms with E-state index in [1.165, 1.54) is 25.2 Å². The van der Waals surface area contributed by atoms with E-state index in [9.17, 15) is 14.0 Å². The fourth-order valence-electron chi connectivity index (χ4n) is 3.14. The smallest absolute Gasteiger partial charge is 0.227 e. The molecule has 2 aromatic carbocycles. The molecule has 0 saturated carbocycles. The predicted octanol–water partition coefficient (Wildman–Crippen LogP) is 3.17. The number of amides is 2. The van der Waals surface area contributed by atoms with Gasteiger partial charge in [0, 0.05) is 31.1 Å². The Bertz CT molecular complexity index is 906. The van der Waals surface area contributed by atoms with E-state index in [0.717, 1.165) is 0 Å². The molecule has 28 heavy (non-hydrogen) atoms. The zero-order valence-electron chi connectivity index (χ0n) is 15.5. The van der Waals surface area contributed by atoms with E-state index in [-0.39, 0.29) is 37.1 Å². The Labute approximate surface area is 167 Å². The van der Waals surface area contributed by atoms with Crippen molar-refractivity contribution in [1.82, 2.24) is 5.32 Å². The van der Waals surface area contributed by atoms with Crippen molar-refractivity contribution < 1.29 is 23.5 Å². The third-order valence-electron chi connectivity index (χ3n) is 4.65. The molecule has 1 aliphatic heterocycles. The number of rotatable bonds is 6. The lowest BCUT2D eigenvalue weighted by Gasteiger charge is -2.21. The minimum absolute atomic E-state index is 0.0515. The Balaban J connectivity index is 1.72. The van der Waals surface area contributed by atoms with Crippen LogP contribution in [0.15, 0.2) is 36.4 Å². The monoisotopic (exact) mass is 406 g/mol. The number of methoxy groups -OCH3 is 2. The van der Waals surface area contributed by atoms with E-state index in [4.69, 9.17) is 21.1 Å². The molecule has 0 bridgehead atoms. The zero-order valence-corrected chi connectivity index (χ0v) is 16.3. The van der Waals surface area contributed by atoms with Gasteiger partial charge >= 0.3 is 0 Å². The molecule has 1 fully saturated rings. The molecule has 0 radical (unpaired) electrons. The molecule has 6 nitrogen and oxygen atoms in total. The van der Waals surface area contributed by atoms with Crippen molar-refractivity contribution in [3.05, 3.63) is 52.8 Å². The van der Waals surface area contributed by atoms with Gasteiger partial charge in [0.25, 0.3) is 0 Å². The number of benzene rings is 2. The second-order valence-corrected chi connectivity index (χ2v) is 6.78. The molecule has 1 N–H and O–H groups in total. The SMILES string of the molecule is COc1cc(OC)c(N2C[C@@H](C(=O)NCc3ccccc3F)CC2=O)cc1Cl. The maximum absolute atomic E-state index is 13.7. The fourth-order valence-corrected chi connectivity index (χ4v) is 3.37. The summed E-state index contributed by atoms with van der Waals surface area (Å²) in [5, 5.41) is 3.03. The molecular formula is C20H20ClFN2O4. The summed E-state index contributed by atoms with van der Waals surface area (Å²) < 4.78 is 24.2. The van der Waals surface area contributed by atoms with Crippen molar-refractivity contribution in [3.8, 4) is 11.5 Å². The van der Waals surface area contributed by atoms with Gasteiger partial charge in [0.15, 0.2) is 0 Å². The lowest BCUT2D eigenvalue weighted by molar-refractivity contribution is -0.126. The van der Waals surface area contributed by atoms with Crippen LogP contribution in [0.2, 0.25) is 5.02 Å². The summed E-state index contributed by atoms with van der Waals surface area (Å²) in [5.41, 5.74) is 0.864. The molecule has 1 saturated heterocycles. The van der Waals surface area contributed by atoms with Crippen LogP contribution >= 0.6 is 11.6 Å². The summed E-state index contributed by atoms with van der Waals surface area (Å²) in [4.78, 5) is 26.5. The molecule has 0 unspecified atom stereocenters. The van der Waals surface area contributed by atoms with E-state index in [0.29, 0.717) is 27.8 Å². The van der Waals surface area contributed by atoms with Gasteiger partial charge in [-0.05, 0) is 12.1 Å². The van der Waals surface area contributed by atoms with Crippen molar-refractivity contribution in [2.24, 2.45) is 5.92 Å². The summed E-state index contributed by atoms with van der Waals surface area (Å²) in [6, 6.07) is 9.40. The summed E-state index contributed by atoms with van der Waals surface area (Å²) in [5.74, 6) is -0.618. The van der Waals surface area contributed by atoms with Crippen molar-refractivity contribution in [1.29, 1.82) is 0 Å². The van der Waals surface area contributed by atoms with Gasteiger partial charge in [-0.1, -0.05) is 29.8 Å². The highest BCUT2D eigenvalue weighted by Crippen LogP contribution is 2.40. The van der Waals surface area contributed by atoms with Crippen LogP contribution in [-0.2, 0) is 16.1 Å². The number of carbonyl (C=O) groups excluding carboxylic acids is 2. The molecule has 8 heteroatoms. The van der Waals surface area contributed by atoms with E-state index in [1.807, 2.05) is 0 Å². The van der Waals surface area contributed by atoms with Gasteiger partial charge in [-0.25, -0.2) is 4.39 Å². The molecule has 0 aliphatic carbocycles. The highest BCUT2D eigenvalue weighted by Gasteiger charge is 2.36. The Kier molecular flexibility index (Phi) is 6.04. The van der Waals surface area contributed by atoms with Crippen LogP contribution in [0.4, 0.5) is 10.1 Å². The number of hydrogen-bond acceptors (Lipinski definition) is 4. The number of hydrogen-bond donors (Lipinski definition) is 1. The molecule has 3 rings (SSSR count). The lowest BCUT2D eigenvalue weighted by Crippen LogP contribution is -2.33. The van der Waals surface area contributed by atoms with Crippen molar-refractivity contribution in [2.75, 3.05) is 25.7 Å². The lowest BCUT2D eigenvalue weighted by atomic mass is 10.1. The topological polar surface area (TPSA) is 67.9 Å². The third kappa shape index (κ3) is 4.04. The third-order valence-corrected chi connectivity index (χ3v) is 4.95. The first-order chi connectivity index (χ1) is 13.4. The number of carbonyl (C=O) groups is 2. The van der Waals surface area contributed by atoms with Crippen LogP contribution in [0.25, 0.3) is 0 Å². The van der Waals surface area contributed by atoms with Crippen LogP contribution in [-0.4, -0.2) is 32.6 Å². The van der Waals surface area contributed by atoms with Crippen LogP contribution in [0.5, 0.6) is 11.5 Å². The highest BCUT2D eigenvalue weighted by atomic mass is 35.5. The van der Waals surface area contributed by atoms with E-state index < -0.39 is 5.92 Å². The molecular weight excluding hydrogens is 387 g/mol. The minimum Gasteiger partial charge on any atom is -0.495 e. The summed E-state index contributed by atoms with van der Waals surface area (Å²) in [6.07, 6.45) is 0.0515. The molecule has 0 spiro atoms. The number of halogens is 2. The average Bonchev–Trinajstić information content (AvgIpc) is 3.08. The van der Waals surface area contributed by atoms with Gasteiger partial charge in [-0.15, -0.1) is 0 Å². The van der Waals surface area contributed by atoms with Gasteiger partial charge in [0.1, 0.15) is 17.3 Å². The van der Waals surface area contributed by atoms with Gasteiger partial charge in [-0.3, -0.25) is 9.59 Å². The van der Waals surface area contributed by atoms with Crippen LogP contribution in [0, 0.1) is 11.7 Å². The number of nitrogens with one attached hydrogen (secondary N) is 1. The van der Waals surface area contributed by atoms with Crippen LogP contribution in [0.1, 0.15) is 12.0 Å². The quantitative estimate of drug-likeness (QED) is 0.800. The predicted molar refractivity (Wildman–Crippen MR) is 103 cm³/mol. The van der Waals surface area contributed by atoms with Gasteiger partial charge in [0.2, 0.25) is 11.8 Å². The van der Waals surface area contributed by atoms with E-state index >= 15 is 0 Å². The highest BCUT2D eigenvalue weighted by molar-refractivity contribution is 6.32. The van der Waals surface area contributed by atoms with Crippen molar-refractivity contribution in [2.45, 2.75) is 13.0 Å². The summed E-state index contributed by atoms with van der Waals surface area (Å²) in [6.45, 7) is 0.245. The first-order valence-corrected chi connectivity index (χ1v) is 9.05. The first kappa shape index (κ1) is 19.9. The Morgan fingerprint density at radius 3 is 2.64 bits per heavy atom. The molecule has 148 valence electrons. The maximum atomic E-state index is 13.7. The molecule has 2 amide bonds. The van der Waals surface area contributed by atoms with Crippen molar-refractivity contribution >= 4 is 29.1 Å². The second kappa shape index (κ2) is 8.48. The average molecular weight is 407 g/mol.